The van der Waals surface area contributed by atoms with E-state index in [0.717, 1.165) is 49.8 Å². The van der Waals surface area contributed by atoms with E-state index in [1.807, 2.05) is 24.5 Å². The number of thioether (sulfide) groups is 1. The van der Waals surface area contributed by atoms with E-state index in [0.29, 0.717) is 27.6 Å². The Balaban J connectivity index is 2.33. The molecule has 0 saturated carbocycles. The zero-order chi connectivity index (χ0) is 27.6. The van der Waals surface area contributed by atoms with Crippen molar-refractivity contribution in [2.75, 3.05) is 23.5 Å². The van der Waals surface area contributed by atoms with E-state index >= 15 is 0 Å². The molecule has 0 radical (unpaired) electrons. The topological polar surface area (TPSA) is 107 Å². The van der Waals surface area contributed by atoms with Gasteiger partial charge >= 0.3 is 0 Å². The second kappa shape index (κ2) is 11.5. The monoisotopic (exact) mass is 548 g/mol. The van der Waals surface area contributed by atoms with Crippen LogP contribution < -0.4 is 10.6 Å². The molecule has 0 saturated heterocycles. The van der Waals surface area contributed by atoms with Gasteiger partial charge in [-0.15, -0.1) is 11.8 Å². The molecule has 0 aliphatic carbocycles. The van der Waals surface area contributed by atoms with Gasteiger partial charge < -0.3 is 15.7 Å². The summed E-state index contributed by atoms with van der Waals surface area (Å²) in [5, 5.41) is 10.7. The summed E-state index contributed by atoms with van der Waals surface area (Å²) < 4.78 is 23.3. The molecule has 2 aromatic carbocycles. The Morgan fingerprint density at radius 2 is 1.73 bits per heavy atom. The van der Waals surface area contributed by atoms with Crippen LogP contribution in [0.3, 0.4) is 0 Å². The fraction of sp³-hybridized carbons (Fsp3) is 0.552. The standard InChI is InChI=1S/C29H44N2O4S2/c1-7-9-13-29(14-10-8-2)18-31(20-11-12-21(27(30)33)22(15-20)28(3,4)5)23-16-25(36-6)24(32)17-26(23)37(34,35)19-29/h11-12,15-17,32,34-35H,7-10,13-14,18-19H2,1-6H3,(H2,30,33). The summed E-state index contributed by atoms with van der Waals surface area (Å²) in [5.41, 5.74) is 8.03. The minimum Gasteiger partial charge on any atom is -0.507 e. The summed E-state index contributed by atoms with van der Waals surface area (Å²) in [7, 11) is -3.18. The number of carbonyl (C=O) groups excluding carboxylic acids is 1. The van der Waals surface area contributed by atoms with E-state index in [-0.39, 0.29) is 22.3 Å². The number of primary amides is 1. The van der Waals surface area contributed by atoms with Crippen molar-refractivity contribution in [2.45, 2.75) is 88.3 Å². The smallest absolute Gasteiger partial charge is 0.248 e. The molecule has 206 valence electrons. The van der Waals surface area contributed by atoms with Gasteiger partial charge in [-0.05, 0) is 54.3 Å². The highest BCUT2D eigenvalue weighted by Crippen LogP contribution is 2.62. The lowest BCUT2D eigenvalue weighted by molar-refractivity contribution is 0.0998. The average molecular weight is 549 g/mol. The van der Waals surface area contributed by atoms with E-state index in [4.69, 9.17) is 5.73 Å². The van der Waals surface area contributed by atoms with E-state index < -0.39 is 16.5 Å². The molecule has 0 aromatic heterocycles. The molecule has 1 amide bonds. The van der Waals surface area contributed by atoms with Crippen molar-refractivity contribution in [1.29, 1.82) is 0 Å². The number of carbonyl (C=O) groups is 1. The van der Waals surface area contributed by atoms with E-state index in [1.165, 1.54) is 11.8 Å². The van der Waals surface area contributed by atoms with Crippen molar-refractivity contribution < 1.29 is 19.0 Å². The number of fused-ring (bicyclic) bond motifs is 1. The summed E-state index contributed by atoms with van der Waals surface area (Å²) in [6.45, 7) is 11.1. The molecule has 2 aromatic rings. The van der Waals surface area contributed by atoms with Crippen LogP contribution in [0.25, 0.3) is 0 Å². The van der Waals surface area contributed by atoms with Gasteiger partial charge in [0.15, 0.2) is 0 Å². The first-order valence-corrected chi connectivity index (χ1v) is 16.1. The van der Waals surface area contributed by atoms with Crippen LogP contribution in [-0.2, 0) is 5.41 Å². The van der Waals surface area contributed by atoms with Crippen molar-refractivity contribution in [1.82, 2.24) is 0 Å². The number of phenolic OH excluding ortho intramolecular Hbond substituents is 1. The average Bonchev–Trinajstić information content (AvgIpc) is 2.92. The summed E-state index contributed by atoms with van der Waals surface area (Å²) in [6, 6.07) is 9.14. The number of nitrogens with zero attached hydrogens (tertiary/aromatic N) is 1. The fourth-order valence-electron chi connectivity index (χ4n) is 5.44. The molecule has 6 nitrogen and oxygen atoms in total. The lowest BCUT2D eigenvalue weighted by Gasteiger charge is -2.42. The number of aromatic hydroxyl groups is 1. The van der Waals surface area contributed by atoms with Crippen LogP contribution in [0.5, 0.6) is 5.75 Å². The molecule has 0 fully saturated rings. The maximum Gasteiger partial charge on any atom is 0.248 e. The second-order valence-corrected chi connectivity index (χ2v) is 14.4. The molecule has 3 rings (SSSR count). The minimum absolute atomic E-state index is 0.0558. The van der Waals surface area contributed by atoms with Crippen LogP contribution in [-0.4, -0.2) is 38.7 Å². The van der Waals surface area contributed by atoms with Crippen molar-refractivity contribution in [3.05, 3.63) is 41.5 Å². The van der Waals surface area contributed by atoms with Gasteiger partial charge in [-0.2, -0.15) is 10.6 Å². The number of rotatable bonds is 9. The lowest BCUT2D eigenvalue weighted by atomic mass is 9.79. The third-order valence-corrected chi connectivity index (χ3v) is 10.2. The van der Waals surface area contributed by atoms with Gasteiger partial charge in [-0.3, -0.25) is 13.9 Å². The van der Waals surface area contributed by atoms with Crippen LogP contribution in [0, 0.1) is 5.41 Å². The van der Waals surface area contributed by atoms with E-state index in [1.54, 1.807) is 12.1 Å². The molecular weight excluding hydrogens is 504 g/mol. The van der Waals surface area contributed by atoms with E-state index in [9.17, 15) is 19.0 Å². The number of nitrogens with two attached hydrogens (primary N) is 1. The van der Waals surface area contributed by atoms with Crippen molar-refractivity contribution in [3.63, 3.8) is 0 Å². The first kappa shape index (κ1) is 29.7. The summed E-state index contributed by atoms with van der Waals surface area (Å²) >= 11 is 1.42. The van der Waals surface area contributed by atoms with E-state index in [2.05, 4.69) is 39.5 Å². The number of anilines is 2. The Morgan fingerprint density at radius 1 is 1.11 bits per heavy atom. The zero-order valence-corrected chi connectivity index (χ0v) is 24.8. The molecule has 0 spiro atoms. The third-order valence-electron chi connectivity index (χ3n) is 7.41. The van der Waals surface area contributed by atoms with Gasteiger partial charge in [0.2, 0.25) is 5.91 Å². The van der Waals surface area contributed by atoms with Crippen LogP contribution >= 0.6 is 22.4 Å². The predicted molar refractivity (Wildman–Crippen MR) is 158 cm³/mol. The molecule has 1 aliphatic rings. The van der Waals surface area contributed by atoms with Crippen molar-refractivity contribution in [3.8, 4) is 5.75 Å². The highest BCUT2D eigenvalue weighted by Gasteiger charge is 2.42. The van der Waals surface area contributed by atoms with Gasteiger partial charge in [0, 0.05) is 35.0 Å². The number of amides is 1. The Bertz CT molecular complexity index is 1120. The Morgan fingerprint density at radius 3 is 2.24 bits per heavy atom. The number of hydrogen-bond acceptors (Lipinski definition) is 6. The highest BCUT2D eigenvalue weighted by molar-refractivity contribution is 8.24. The Hall–Kier alpha value is -1.87. The van der Waals surface area contributed by atoms with Crippen LogP contribution in [0.15, 0.2) is 40.1 Å². The highest BCUT2D eigenvalue weighted by atomic mass is 32.3. The van der Waals surface area contributed by atoms with Crippen LogP contribution in [0.2, 0.25) is 0 Å². The number of hydrogen-bond donors (Lipinski definition) is 4. The molecule has 5 N–H and O–H groups in total. The molecule has 0 bridgehead atoms. The summed E-state index contributed by atoms with van der Waals surface area (Å²) in [6.07, 6.45) is 7.72. The van der Waals surface area contributed by atoms with Gasteiger partial charge in [0.25, 0.3) is 0 Å². The minimum atomic E-state index is -3.18. The maximum absolute atomic E-state index is 12.3. The normalized spacial score (nSPS) is 17.7. The number of benzene rings is 2. The van der Waals surface area contributed by atoms with Gasteiger partial charge in [-0.1, -0.05) is 60.3 Å². The molecular formula is C29H44N2O4S2. The van der Waals surface area contributed by atoms with Crippen molar-refractivity contribution in [2.24, 2.45) is 11.1 Å². The zero-order valence-electron chi connectivity index (χ0n) is 23.1. The lowest BCUT2D eigenvalue weighted by Crippen LogP contribution is -2.38. The summed E-state index contributed by atoms with van der Waals surface area (Å²) in [5.74, 6) is -0.135. The molecule has 0 atom stereocenters. The molecule has 0 unspecified atom stereocenters. The number of unbranched alkanes of at least 4 members (excludes halogenated alkanes) is 2. The molecule has 1 aliphatic heterocycles. The number of phenols is 1. The summed E-state index contributed by atoms with van der Waals surface area (Å²) in [4.78, 5) is 15.5. The molecule has 1 heterocycles. The maximum atomic E-state index is 12.3. The van der Waals surface area contributed by atoms with Crippen LogP contribution in [0.1, 0.15) is 89.1 Å². The quantitative estimate of drug-likeness (QED) is 0.236. The largest absolute Gasteiger partial charge is 0.507 e. The van der Waals surface area contributed by atoms with Gasteiger partial charge in [0.1, 0.15) is 5.75 Å². The van der Waals surface area contributed by atoms with Crippen LogP contribution in [0.4, 0.5) is 11.4 Å². The fourth-order valence-corrected chi connectivity index (χ4v) is 8.13. The predicted octanol–water partition coefficient (Wildman–Crippen LogP) is 8.14. The molecule has 8 heteroatoms. The second-order valence-electron chi connectivity index (χ2n) is 11.4. The van der Waals surface area contributed by atoms with Gasteiger partial charge in [0.05, 0.1) is 15.5 Å². The molecule has 37 heavy (non-hydrogen) atoms. The third kappa shape index (κ3) is 6.41. The Kier molecular flexibility index (Phi) is 9.21. The first-order chi connectivity index (χ1) is 17.3. The van der Waals surface area contributed by atoms with Crippen molar-refractivity contribution >= 4 is 39.6 Å². The van der Waals surface area contributed by atoms with Gasteiger partial charge in [-0.25, -0.2) is 0 Å². The SMILES string of the molecule is CCCCC1(CCCC)CN(c2ccc(C(N)=O)c(C(C)(C)C)c2)c2cc(SC)c(O)cc2S(O)(O)C1. The first-order valence-electron chi connectivity index (χ1n) is 13.2. The Labute approximate surface area is 228 Å².